The SMILES string of the molecule is CC1(C)CCC[N+](=O)C1(C)C. The molecular weight excluding hydrogens is 138 g/mol. The van der Waals surface area contributed by atoms with E-state index in [9.17, 15) is 4.91 Å². The molecule has 1 aliphatic rings. The van der Waals surface area contributed by atoms with Crippen molar-refractivity contribution in [2.24, 2.45) is 5.41 Å². The molecule has 1 rings (SSSR count). The van der Waals surface area contributed by atoms with Gasteiger partial charge in [0.05, 0.1) is 0 Å². The van der Waals surface area contributed by atoms with Crippen molar-refractivity contribution in [3.63, 3.8) is 0 Å². The molecule has 0 bridgehead atoms. The lowest BCUT2D eigenvalue weighted by molar-refractivity contribution is -0.648. The van der Waals surface area contributed by atoms with Crippen molar-refractivity contribution >= 4 is 0 Å². The monoisotopic (exact) mass is 156 g/mol. The molecular formula is C9H18NO+. The van der Waals surface area contributed by atoms with E-state index in [-0.39, 0.29) is 11.0 Å². The largest absolute Gasteiger partial charge is 0.210 e. The molecule has 0 aromatic heterocycles. The lowest BCUT2D eigenvalue weighted by atomic mass is 9.69. The smallest absolute Gasteiger partial charge is 0.0531 e. The third kappa shape index (κ3) is 1.19. The van der Waals surface area contributed by atoms with Gasteiger partial charge in [-0.15, -0.1) is 0 Å². The first-order valence-electron chi connectivity index (χ1n) is 4.33. The van der Waals surface area contributed by atoms with Gasteiger partial charge in [0.25, 0.3) is 0 Å². The molecule has 2 nitrogen and oxygen atoms in total. The fourth-order valence-electron chi connectivity index (χ4n) is 1.59. The molecule has 0 spiro atoms. The topological polar surface area (TPSA) is 20.1 Å². The first-order chi connectivity index (χ1) is 4.88. The first kappa shape index (κ1) is 8.69. The third-order valence-corrected chi connectivity index (χ3v) is 3.44. The average Bonchev–Trinajstić information content (AvgIpc) is 1.84. The number of rotatable bonds is 0. The number of hydrogen-bond donors (Lipinski definition) is 0. The van der Waals surface area contributed by atoms with Gasteiger partial charge in [0.1, 0.15) is 0 Å². The second kappa shape index (κ2) is 2.29. The van der Waals surface area contributed by atoms with Crippen LogP contribution in [0, 0.1) is 10.3 Å². The Morgan fingerprint density at radius 1 is 1.18 bits per heavy atom. The van der Waals surface area contributed by atoms with E-state index in [1.54, 1.807) is 0 Å². The standard InChI is InChI=1S/C9H18NO/c1-8(2)6-5-7-10(11)9(8,3)4/h5-7H2,1-4H3/q+1. The van der Waals surface area contributed by atoms with Crippen molar-refractivity contribution < 1.29 is 4.76 Å². The van der Waals surface area contributed by atoms with Crippen LogP contribution >= 0.6 is 0 Å². The molecule has 1 fully saturated rings. The Labute approximate surface area is 68.6 Å². The zero-order chi connectivity index (χ0) is 8.70. The van der Waals surface area contributed by atoms with E-state index >= 15 is 0 Å². The van der Waals surface area contributed by atoms with Crippen molar-refractivity contribution in [2.45, 2.75) is 46.1 Å². The molecule has 0 amide bonds. The van der Waals surface area contributed by atoms with Crippen molar-refractivity contribution in [2.75, 3.05) is 6.54 Å². The van der Waals surface area contributed by atoms with Crippen LogP contribution in [0.5, 0.6) is 0 Å². The Bertz CT molecular complexity index is 182. The number of piperidine rings is 1. The summed E-state index contributed by atoms with van der Waals surface area (Å²) in [4.78, 5) is 11.4. The number of hydrogen-bond acceptors (Lipinski definition) is 1. The second-order valence-corrected chi connectivity index (χ2v) is 4.65. The van der Waals surface area contributed by atoms with Gasteiger partial charge in [-0.3, -0.25) is 0 Å². The maximum absolute atomic E-state index is 11.4. The Hall–Kier alpha value is -0.400. The summed E-state index contributed by atoms with van der Waals surface area (Å²) < 4.78 is 1.23. The van der Waals surface area contributed by atoms with E-state index in [1.165, 1.54) is 11.2 Å². The van der Waals surface area contributed by atoms with Crippen molar-refractivity contribution in [3.05, 3.63) is 4.91 Å². The van der Waals surface area contributed by atoms with Crippen LogP contribution in [0.25, 0.3) is 0 Å². The molecule has 0 radical (unpaired) electrons. The van der Waals surface area contributed by atoms with Gasteiger partial charge in [0, 0.05) is 35.4 Å². The van der Waals surface area contributed by atoms with Gasteiger partial charge in [-0.05, 0) is 6.42 Å². The highest BCUT2D eigenvalue weighted by Crippen LogP contribution is 2.40. The minimum Gasteiger partial charge on any atom is -0.0531 e. The lowest BCUT2D eigenvalue weighted by Gasteiger charge is -2.37. The second-order valence-electron chi connectivity index (χ2n) is 4.65. The summed E-state index contributed by atoms with van der Waals surface area (Å²) in [6, 6.07) is 0. The molecule has 0 atom stereocenters. The zero-order valence-electron chi connectivity index (χ0n) is 7.98. The Balaban J connectivity index is 2.91. The lowest BCUT2D eigenvalue weighted by Crippen LogP contribution is -2.51. The molecule has 64 valence electrons. The normalized spacial score (nSPS) is 28.5. The summed E-state index contributed by atoms with van der Waals surface area (Å²) in [5.74, 6) is 0. The summed E-state index contributed by atoms with van der Waals surface area (Å²) in [5, 5.41) is 0. The molecule has 0 aliphatic carbocycles. The van der Waals surface area contributed by atoms with Crippen molar-refractivity contribution in [1.29, 1.82) is 0 Å². The molecule has 0 aromatic rings. The van der Waals surface area contributed by atoms with Crippen LogP contribution in [0.15, 0.2) is 0 Å². The highest BCUT2D eigenvalue weighted by molar-refractivity contribution is 4.88. The summed E-state index contributed by atoms with van der Waals surface area (Å²) in [6.45, 7) is 9.14. The van der Waals surface area contributed by atoms with Crippen LogP contribution in [0.1, 0.15) is 40.5 Å². The van der Waals surface area contributed by atoms with Gasteiger partial charge in [-0.25, -0.2) is 0 Å². The molecule has 1 aliphatic heterocycles. The summed E-state index contributed by atoms with van der Waals surface area (Å²) >= 11 is 0. The Morgan fingerprint density at radius 2 is 1.73 bits per heavy atom. The minimum atomic E-state index is -0.189. The van der Waals surface area contributed by atoms with Gasteiger partial charge in [-0.2, -0.15) is 0 Å². The molecule has 0 aromatic carbocycles. The van der Waals surface area contributed by atoms with Crippen LogP contribution in [-0.4, -0.2) is 16.8 Å². The molecule has 2 heteroatoms. The molecule has 0 N–H and O–H groups in total. The minimum absolute atomic E-state index is 0.160. The Kier molecular flexibility index (Phi) is 1.81. The van der Waals surface area contributed by atoms with E-state index in [1.807, 2.05) is 13.8 Å². The molecule has 0 saturated carbocycles. The predicted molar refractivity (Wildman–Crippen MR) is 45.6 cm³/mol. The van der Waals surface area contributed by atoms with E-state index in [0.717, 1.165) is 6.42 Å². The number of nitroso groups, excluding NO2 is 1. The van der Waals surface area contributed by atoms with Crippen LogP contribution < -0.4 is 0 Å². The van der Waals surface area contributed by atoms with Crippen LogP contribution in [-0.2, 0) is 0 Å². The van der Waals surface area contributed by atoms with Crippen molar-refractivity contribution in [3.8, 4) is 0 Å². The molecule has 0 unspecified atom stereocenters. The molecule has 1 saturated heterocycles. The summed E-state index contributed by atoms with van der Waals surface area (Å²) in [5.41, 5.74) is -0.0295. The number of nitrogens with zero attached hydrogens (tertiary/aromatic N) is 1. The van der Waals surface area contributed by atoms with Gasteiger partial charge < -0.3 is 0 Å². The van der Waals surface area contributed by atoms with Gasteiger partial charge in [-0.1, -0.05) is 13.8 Å². The maximum Gasteiger partial charge on any atom is 0.210 e. The zero-order valence-corrected chi connectivity index (χ0v) is 7.98. The fraction of sp³-hybridized carbons (Fsp3) is 1.00. The predicted octanol–water partition coefficient (Wildman–Crippen LogP) is 2.36. The highest BCUT2D eigenvalue weighted by Gasteiger charge is 2.51. The van der Waals surface area contributed by atoms with E-state index < -0.39 is 0 Å². The Morgan fingerprint density at radius 3 is 2.09 bits per heavy atom. The third-order valence-electron chi connectivity index (χ3n) is 3.44. The van der Waals surface area contributed by atoms with Gasteiger partial charge >= 0.3 is 0 Å². The van der Waals surface area contributed by atoms with Crippen LogP contribution in [0.4, 0.5) is 0 Å². The maximum atomic E-state index is 11.4. The van der Waals surface area contributed by atoms with Crippen LogP contribution in [0.3, 0.4) is 0 Å². The average molecular weight is 156 g/mol. The highest BCUT2D eigenvalue weighted by atomic mass is 16.3. The summed E-state index contributed by atoms with van der Waals surface area (Å²) in [6.07, 6.45) is 2.21. The van der Waals surface area contributed by atoms with E-state index in [0.29, 0.717) is 6.54 Å². The van der Waals surface area contributed by atoms with E-state index in [4.69, 9.17) is 0 Å². The molecule has 1 heterocycles. The van der Waals surface area contributed by atoms with Gasteiger partial charge in [0.2, 0.25) is 5.54 Å². The summed E-state index contributed by atoms with van der Waals surface area (Å²) in [7, 11) is 0. The first-order valence-corrected chi connectivity index (χ1v) is 4.33. The van der Waals surface area contributed by atoms with Crippen LogP contribution in [0.2, 0.25) is 0 Å². The fourth-order valence-corrected chi connectivity index (χ4v) is 1.59. The molecule has 11 heavy (non-hydrogen) atoms. The van der Waals surface area contributed by atoms with Crippen molar-refractivity contribution in [1.82, 2.24) is 0 Å². The van der Waals surface area contributed by atoms with E-state index in [2.05, 4.69) is 13.8 Å². The van der Waals surface area contributed by atoms with Gasteiger partial charge in [0.15, 0.2) is 6.54 Å². The quantitative estimate of drug-likeness (QED) is 0.493.